The van der Waals surface area contributed by atoms with Gasteiger partial charge in [-0.1, -0.05) is 19.1 Å². The SMILES string of the molecule is CCNCc1ccc(C)c(-c2cc(F)ccc2F)c1. The molecule has 100 valence electrons. The third-order valence-electron chi connectivity index (χ3n) is 3.10. The van der Waals surface area contributed by atoms with Gasteiger partial charge in [0, 0.05) is 12.1 Å². The standard InChI is InChI=1S/C16H17F2N/c1-3-19-10-12-5-4-11(2)14(8-12)15-9-13(17)6-7-16(15)18/h4-9,19H,3,10H2,1-2H3. The predicted molar refractivity (Wildman–Crippen MR) is 73.9 cm³/mol. The van der Waals surface area contributed by atoms with Crippen molar-refractivity contribution in [2.75, 3.05) is 6.54 Å². The molecule has 0 unspecified atom stereocenters. The van der Waals surface area contributed by atoms with Gasteiger partial charge in [0.15, 0.2) is 0 Å². The van der Waals surface area contributed by atoms with E-state index < -0.39 is 11.6 Å². The minimum Gasteiger partial charge on any atom is -0.313 e. The van der Waals surface area contributed by atoms with Gasteiger partial charge in [-0.15, -0.1) is 0 Å². The van der Waals surface area contributed by atoms with Gasteiger partial charge in [-0.2, -0.15) is 0 Å². The molecule has 0 aliphatic rings. The highest BCUT2D eigenvalue weighted by Gasteiger charge is 2.10. The zero-order valence-corrected chi connectivity index (χ0v) is 11.1. The monoisotopic (exact) mass is 261 g/mol. The van der Waals surface area contributed by atoms with Crippen LogP contribution in [0.5, 0.6) is 0 Å². The molecule has 2 aromatic rings. The highest BCUT2D eigenvalue weighted by molar-refractivity contribution is 5.68. The van der Waals surface area contributed by atoms with E-state index in [2.05, 4.69) is 5.32 Å². The normalized spacial score (nSPS) is 10.7. The molecule has 3 heteroatoms. The summed E-state index contributed by atoms with van der Waals surface area (Å²) in [5.74, 6) is -0.821. The summed E-state index contributed by atoms with van der Waals surface area (Å²) in [5, 5.41) is 3.22. The largest absolute Gasteiger partial charge is 0.313 e. The number of benzene rings is 2. The van der Waals surface area contributed by atoms with Crippen LogP contribution in [0.3, 0.4) is 0 Å². The average molecular weight is 261 g/mol. The molecule has 0 fully saturated rings. The van der Waals surface area contributed by atoms with Gasteiger partial charge in [-0.3, -0.25) is 0 Å². The molecular formula is C16H17F2N. The Morgan fingerprint density at radius 2 is 1.79 bits per heavy atom. The van der Waals surface area contributed by atoms with E-state index in [9.17, 15) is 8.78 Å². The fourth-order valence-electron chi connectivity index (χ4n) is 2.04. The molecular weight excluding hydrogens is 244 g/mol. The Balaban J connectivity index is 2.45. The molecule has 0 saturated carbocycles. The number of aryl methyl sites for hydroxylation is 1. The van der Waals surface area contributed by atoms with Crippen LogP contribution in [0.25, 0.3) is 11.1 Å². The molecule has 0 saturated heterocycles. The Labute approximate surface area is 112 Å². The van der Waals surface area contributed by atoms with Crippen LogP contribution in [0, 0.1) is 18.6 Å². The molecule has 0 aliphatic heterocycles. The lowest BCUT2D eigenvalue weighted by Gasteiger charge is -2.10. The van der Waals surface area contributed by atoms with Crippen molar-refractivity contribution in [2.24, 2.45) is 0 Å². The number of rotatable bonds is 4. The highest BCUT2D eigenvalue weighted by atomic mass is 19.1. The first-order valence-electron chi connectivity index (χ1n) is 6.37. The van der Waals surface area contributed by atoms with Gasteiger partial charge in [0.05, 0.1) is 0 Å². The Morgan fingerprint density at radius 1 is 1.00 bits per heavy atom. The Morgan fingerprint density at radius 3 is 2.53 bits per heavy atom. The van der Waals surface area contributed by atoms with Crippen molar-refractivity contribution in [1.82, 2.24) is 5.32 Å². The molecule has 1 N–H and O–H groups in total. The zero-order valence-electron chi connectivity index (χ0n) is 11.1. The van der Waals surface area contributed by atoms with Gasteiger partial charge in [-0.05, 0) is 54.4 Å². The van der Waals surface area contributed by atoms with Crippen molar-refractivity contribution >= 4 is 0 Å². The molecule has 19 heavy (non-hydrogen) atoms. The van der Waals surface area contributed by atoms with E-state index in [-0.39, 0.29) is 0 Å². The lowest BCUT2D eigenvalue weighted by atomic mass is 9.97. The van der Waals surface area contributed by atoms with E-state index >= 15 is 0 Å². The number of nitrogens with one attached hydrogen (secondary N) is 1. The third-order valence-corrected chi connectivity index (χ3v) is 3.10. The average Bonchev–Trinajstić information content (AvgIpc) is 2.41. The van der Waals surface area contributed by atoms with Gasteiger partial charge in [0.2, 0.25) is 0 Å². The van der Waals surface area contributed by atoms with E-state index in [1.54, 1.807) is 0 Å². The Kier molecular flexibility index (Phi) is 4.27. The maximum atomic E-state index is 13.8. The second-order valence-corrected chi connectivity index (χ2v) is 4.55. The van der Waals surface area contributed by atoms with Gasteiger partial charge >= 0.3 is 0 Å². The van der Waals surface area contributed by atoms with E-state index in [4.69, 9.17) is 0 Å². The number of halogens is 2. The summed E-state index contributed by atoms with van der Waals surface area (Å²) in [5.41, 5.74) is 3.05. The van der Waals surface area contributed by atoms with Gasteiger partial charge in [-0.25, -0.2) is 8.78 Å². The fraction of sp³-hybridized carbons (Fsp3) is 0.250. The third kappa shape index (κ3) is 3.18. The first kappa shape index (κ1) is 13.7. The van der Waals surface area contributed by atoms with Crippen LogP contribution in [0.15, 0.2) is 36.4 Å². The fourth-order valence-corrected chi connectivity index (χ4v) is 2.04. The molecule has 2 rings (SSSR count). The molecule has 0 atom stereocenters. The zero-order chi connectivity index (χ0) is 13.8. The molecule has 0 aliphatic carbocycles. The smallest absolute Gasteiger partial charge is 0.131 e. The van der Waals surface area contributed by atoms with E-state index in [0.29, 0.717) is 5.56 Å². The lowest BCUT2D eigenvalue weighted by Crippen LogP contribution is -2.11. The van der Waals surface area contributed by atoms with Gasteiger partial charge < -0.3 is 5.32 Å². The van der Waals surface area contributed by atoms with E-state index in [1.165, 1.54) is 12.1 Å². The second-order valence-electron chi connectivity index (χ2n) is 4.55. The molecule has 0 heterocycles. The molecule has 0 aromatic heterocycles. The first-order valence-corrected chi connectivity index (χ1v) is 6.37. The van der Waals surface area contributed by atoms with Crippen molar-refractivity contribution in [3.05, 3.63) is 59.2 Å². The minimum absolute atomic E-state index is 0.316. The van der Waals surface area contributed by atoms with Gasteiger partial charge in [0.1, 0.15) is 11.6 Å². The Bertz CT molecular complexity index is 579. The summed E-state index contributed by atoms with van der Waals surface area (Å²) in [4.78, 5) is 0. The van der Waals surface area contributed by atoms with Crippen molar-refractivity contribution in [3.8, 4) is 11.1 Å². The summed E-state index contributed by atoms with van der Waals surface area (Å²) >= 11 is 0. The summed E-state index contributed by atoms with van der Waals surface area (Å²) in [6, 6.07) is 9.40. The van der Waals surface area contributed by atoms with Crippen molar-refractivity contribution < 1.29 is 8.78 Å². The van der Waals surface area contributed by atoms with Crippen LogP contribution < -0.4 is 5.32 Å². The summed E-state index contributed by atoms with van der Waals surface area (Å²) in [6.45, 7) is 5.52. The van der Waals surface area contributed by atoms with Crippen LogP contribution in [-0.4, -0.2) is 6.54 Å². The lowest BCUT2D eigenvalue weighted by molar-refractivity contribution is 0.603. The van der Waals surface area contributed by atoms with Gasteiger partial charge in [0.25, 0.3) is 0 Å². The number of hydrogen-bond donors (Lipinski definition) is 1. The van der Waals surface area contributed by atoms with Crippen LogP contribution in [0.1, 0.15) is 18.1 Å². The molecule has 1 nitrogen and oxygen atoms in total. The highest BCUT2D eigenvalue weighted by Crippen LogP contribution is 2.27. The Hall–Kier alpha value is -1.74. The summed E-state index contributed by atoms with van der Waals surface area (Å²) in [7, 11) is 0. The molecule has 2 aromatic carbocycles. The van der Waals surface area contributed by atoms with Crippen molar-refractivity contribution in [1.29, 1.82) is 0 Å². The number of hydrogen-bond acceptors (Lipinski definition) is 1. The molecule has 0 amide bonds. The minimum atomic E-state index is -0.423. The topological polar surface area (TPSA) is 12.0 Å². The van der Waals surface area contributed by atoms with Crippen LogP contribution in [-0.2, 0) is 6.54 Å². The molecule has 0 bridgehead atoms. The van der Waals surface area contributed by atoms with Crippen molar-refractivity contribution in [3.63, 3.8) is 0 Å². The van der Waals surface area contributed by atoms with Crippen LogP contribution in [0.4, 0.5) is 8.78 Å². The second kappa shape index (κ2) is 5.93. The van der Waals surface area contributed by atoms with E-state index in [0.717, 1.165) is 35.8 Å². The maximum Gasteiger partial charge on any atom is 0.131 e. The summed E-state index contributed by atoms with van der Waals surface area (Å²) < 4.78 is 27.1. The molecule has 0 radical (unpaired) electrons. The summed E-state index contributed by atoms with van der Waals surface area (Å²) in [6.07, 6.45) is 0. The quantitative estimate of drug-likeness (QED) is 0.875. The van der Waals surface area contributed by atoms with Crippen molar-refractivity contribution in [2.45, 2.75) is 20.4 Å². The predicted octanol–water partition coefficient (Wildman–Crippen LogP) is 4.05. The first-order chi connectivity index (χ1) is 9.11. The molecule has 0 spiro atoms. The van der Waals surface area contributed by atoms with Crippen LogP contribution in [0.2, 0.25) is 0 Å². The maximum absolute atomic E-state index is 13.8. The van der Waals surface area contributed by atoms with Crippen LogP contribution >= 0.6 is 0 Å². The van der Waals surface area contributed by atoms with E-state index in [1.807, 2.05) is 32.0 Å².